The Morgan fingerprint density at radius 3 is 2.77 bits per heavy atom. The van der Waals surface area contributed by atoms with Crippen LogP contribution in [0.2, 0.25) is 10.0 Å². The normalized spacial score (nSPS) is 19.0. The number of fused-ring (bicyclic) bond motifs is 3. The number of nitrogens with zero attached hydrogens (tertiary/aromatic N) is 4. The third kappa shape index (κ3) is 2.91. The van der Waals surface area contributed by atoms with Gasteiger partial charge in [0.25, 0.3) is 0 Å². The van der Waals surface area contributed by atoms with Gasteiger partial charge in [0.15, 0.2) is 6.10 Å². The number of aromatic nitrogens is 4. The average Bonchev–Trinajstić information content (AvgIpc) is 3.26. The van der Waals surface area contributed by atoms with Crippen molar-refractivity contribution in [2.45, 2.75) is 12.1 Å². The highest BCUT2D eigenvalue weighted by Crippen LogP contribution is 2.51. The summed E-state index contributed by atoms with van der Waals surface area (Å²) < 4.78 is 8.40. The van der Waals surface area contributed by atoms with Crippen molar-refractivity contribution in [1.29, 1.82) is 0 Å². The molecule has 0 saturated heterocycles. The van der Waals surface area contributed by atoms with Crippen LogP contribution in [0.15, 0.2) is 78.9 Å². The SMILES string of the molecule is Clc1ccc([C@@H]2Oc3ccccc3C3=C2[C@H](c2cccnc2)n2ncnc2N3)c(Cl)c1. The highest BCUT2D eigenvalue weighted by atomic mass is 35.5. The molecule has 0 saturated carbocycles. The molecule has 0 aliphatic carbocycles. The van der Waals surface area contributed by atoms with E-state index in [0.717, 1.165) is 33.7 Å². The molecule has 2 aromatic carbocycles. The second kappa shape index (κ2) is 7.11. The number of ether oxygens (including phenoxy) is 1. The number of hydrogen-bond donors (Lipinski definition) is 1. The van der Waals surface area contributed by atoms with Crippen LogP contribution in [-0.4, -0.2) is 19.7 Å². The highest BCUT2D eigenvalue weighted by molar-refractivity contribution is 6.35. The lowest BCUT2D eigenvalue weighted by Gasteiger charge is -2.39. The molecule has 4 aromatic rings. The van der Waals surface area contributed by atoms with Crippen LogP contribution in [0, 0.1) is 0 Å². The van der Waals surface area contributed by atoms with Gasteiger partial charge in [-0.3, -0.25) is 4.98 Å². The van der Waals surface area contributed by atoms with Crippen molar-refractivity contribution >= 4 is 34.8 Å². The average molecular weight is 448 g/mol. The molecule has 0 bridgehead atoms. The summed E-state index contributed by atoms with van der Waals surface area (Å²) in [7, 11) is 0. The van der Waals surface area contributed by atoms with Gasteiger partial charge in [-0.25, -0.2) is 4.68 Å². The van der Waals surface area contributed by atoms with Crippen LogP contribution in [-0.2, 0) is 0 Å². The molecule has 8 heteroatoms. The van der Waals surface area contributed by atoms with E-state index in [2.05, 4.69) is 20.4 Å². The van der Waals surface area contributed by atoms with E-state index in [1.807, 2.05) is 59.4 Å². The molecule has 2 aliphatic heterocycles. The molecule has 2 aliphatic rings. The van der Waals surface area contributed by atoms with E-state index < -0.39 is 6.10 Å². The van der Waals surface area contributed by atoms with Gasteiger partial charge in [0.2, 0.25) is 5.95 Å². The van der Waals surface area contributed by atoms with Crippen LogP contribution >= 0.6 is 23.2 Å². The molecule has 31 heavy (non-hydrogen) atoms. The predicted octanol–water partition coefficient (Wildman–Crippen LogP) is 5.54. The maximum absolute atomic E-state index is 6.64. The standard InChI is InChI=1S/C23H15Cl2N5O/c24-14-7-8-15(17(25)10-14)22-19-20(16-5-1-2-6-18(16)31-22)29-23-27-12-28-30(23)21(19)13-4-3-9-26-11-13/h1-12,21-22H,(H,27,28,29)/t21-,22-/m0/s1. The molecule has 0 spiro atoms. The van der Waals surface area contributed by atoms with Crippen molar-refractivity contribution in [2.75, 3.05) is 5.32 Å². The maximum Gasteiger partial charge on any atom is 0.226 e. The maximum atomic E-state index is 6.64. The number of hydrogen-bond acceptors (Lipinski definition) is 5. The Balaban J connectivity index is 1.65. The minimum absolute atomic E-state index is 0.271. The first-order valence-corrected chi connectivity index (χ1v) is 10.5. The summed E-state index contributed by atoms with van der Waals surface area (Å²) in [5.74, 6) is 1.42. The smallest absolute Gasteiger partial charge is 0.226 e. The van der Waals surface area contributed by atoms with Crippen molar-refractivity contribution in [1.82, 2.24) is 19.7 Å². The van der Waals surface area contributed by atoms with Crippen LogP contribution in [0.4, 0.5) is 5.95 Å². The van der Waals surface area contributed by atoms with E-state index in [-0.39, 0.29) is 6.04 Å². The number of anilines is 1. The largest absolute Gasteiger partial charge is 0.480 e. The molecular weight excluding hydrogens is 433 g/mol. The van der Waals surface area contributed by atoms with Crippen LogP contribution in [0.25, 0.3) is 5.70 Å². The summed E-state index contributed by atoms with van der Waals surface area (Å²) in [6.07, 6.45) is 4.68. The summed E-state index contributed by atoms with van der Waals surface area (Å²) in [4.78, 5) is 8.76. The fraction of sp³-hybridized carbons (Fsp3) is 0.0870. The first-order valence-electron chi connectivity index (χ1n) is 9.72. The van der Waals surface area contributed by atoms with Crippen molar-refractivity contribution in [3.05, 3.63) is 106 Å². The highest BCUT2D eigenvalue weighted by Gasteiger charge is 2.41. The molecule has 0 amide bonds. The Bertz CT molecular complexity index is 1330. The van der Waals surface area contributed by atoms with Gasteiger partial charge < -0.3 is 10.1 Å². The van der Waals surface area contributed by atoms with Gasteiger partial charge in [0.1, 0.15) is 18.1 Å². The quantitative estimate of drug-likeness (QED) is 0.436. The molecule has 152 valence electrons. The number of benzene rings is 2. The van der Waals surface area contributed by atoms with Crippen molar-refractivity contribution in [3.8, 4) is 5.75 Å². The molecule has 0 fully saturated rings. The van der Waals surface area contributed by atoms with Crippen LogP contribution in [0.1, 0.15) is 28.8 Å². The zero-order chi connectivity index (χ0) is 20.9. The zero-order valence-corrected chi connectivity index (χ0v) is 17.5. The van der Waals surface area contributed by atoms with Gasteiger partial charge in [-0.15, -0.1) is 0 Å². The van der Waals surface area contributed by atoms with Crippen molar-refractivity contribution in [3.63, 3.8) is 0 Å². The number of nitrogens with one attached hydrogen (secondary N) is 1. The topological polar surface area (TPSA) is 64.9 Å². The van der Waals surface area contributed by atoms with Gasteiger partial charge in [0, 0.05) is 39.1 Å². The summed E-state index contributed by atoms with van der Waals surface area (Å²) >= 11 is 12.8. The summed E-state index contributed by atoms with van der Waals surface area (Å²) in [6.45, 7) is 0. The van der Waals surface area contributed by atoms with E-state index >= 15 is 0 Å². The Labute approximate surface area is 188 Å². The lowest BCUT2D eigenvalue weighted by atomic mass is 9.85. The Morgan fingerprint density at radius 2 is 1.94 bits per heavy atom. The second-order valence-electron chi connectivity index (χ2n) is 7.33. The first-order chi connectivity index (χ1) is 15.2. The Kier molecular flexibility index (Phi) is 4.23. The number of rotatable bonds is 2. The van der Waals surface area contributed by atoms with E-state index in [4.69, 9.17) is 27.9 Å². The van der Waals surface area contributed by atoms with Gasteiger partial charge in [0.05, 0.1) is 5.70 Å². The molecule has 6 rings (SSSR count). The summed E-state index contributed by atoms with van der Waals surface area (Å²) in [5, 5.41) is 9.07. The molecule has 4 heterocycles. The summed E-state index contributed by atoms with van der Waals surface area (Å²) in [6, 6.07) is 17.1. The van der Waals surface area contributed by atoms with Crippen molar-refractivity contribution in [2.24, 2.45) is 0 Å². The fourth-order valence-electron chi connectivity index (χ4n) is 4.25. The first kappa shape index (κ1) is 18.4. The zero-order valence-electron chi connectivity index (χ0n) is 16.0. The molecule has 1 N–H and O–H groups in total. The monoisotopic (exact) mass is 447 g/mol. The van der Waals surface area contributed by atoms with Gasteiger partial charge in [-0.05, 0) is 35.9 Å². The number of pyridine rings is 1. The molecule has 2 aromatic heterocycles. The Hall–Kier alpha value is -3.35. The van der Waals surface area contributed by atoms with Gasteiger partial charge >= 0.3 is 0 Å². The third-order valence-electron chi connectivity index (χ3n) is 5.57. The number of halogens is 2. The summed E-state index contributed by atoms with van der Waals surface area (Å²) in [5.41, 5.74) is 4.68. The van der Waals surface area contributed by atoms with Crippen LogP contribution in [0.5, 0.6) is 5.75 Å². The lowest BCUT2D eigenvalue weighted by molar-refractivity contribution is 0.223. The fourth-order valence-corrected chi connectivity index (χ4v) is 4.76. The van der Waals surface area contributed by atoms with E-state index in [1.165, 1.54) is 0 Å². The van der Waals surface area contributed by atoms with E-state index in [1.54, 1.807) is 18.6 Å². The third-order valence-corrected chi connectivity index (χ3v) is 6.13. The van der Waals surface area contributed by atoms with E-state index in [0.29, 0.717) is 16.0 Å². The van der Waals surface area contributed by atoms with Gasteiger partial charge in [-0.2, -0.15) is 10.1 Å². The molecule has 0 radical (unpaired) electrons. The molecule has 0 unspecified atom stereocenters. The predicted molar refractivity (Wildman–Crippen MR) is 119 cm³/mol. The van der Waals surface area contributed by atoms with Crippen molar-refractivity contribution < 1.29 is 4.74 Å². The van der Waals surface area contributed by atoms with Crippen LogP contribution in [0.3, 0.4) is 0 Å². The minimum Gasteiger partial charge on any atom is -0.480 e. The molecule has 2 atom stereocenters. The number of para-hydroxylation sites is 1. The minimum atomic E-state index is -0.454. The van der Waals surface area contributed by atoms with Gasteiger partial charge in [-0.1, -0.05) is 47.5 Å². The second-order valence-corrected chi connectivity index (χ2v) is 8.18. The lowest BCUT2D eigenvalue weighted by Crippen LogP contribution is -2.32. The van der Waals surface area contributed by atoms with Crippen LogP contribution < -0.4 is 10.1 Å². The Morgan fingerprint density at radius 1 is 1.03 bits per heavy atom. The van der Waals surface area contributed by atoms with E-state index in [9.17, 15) is 0 Å². The molecule has 6 nitrogen and oxygen atoms in total. The molecular formula is C23H15Cl2N5O.